The van der Waals surface area contributed by atoms with Crippen molar-refractivity contribution in [1.29, 1.82) is 0 Å². The van der Waals surface area contributed by atoms with Crippen LogP contribution in [0.4, 0.5) is 15.9 Å². The summed E-state index contributed by atoms with van der Waals surface area (Å²) in [4.78, 5) is 8.98. The highest BCUT2D eigenvalue weighted by Gasteiger charge is 2.15. The van der Waals surface area contributed by atoms with Crippen LogP contribution in [0.5, 0.6) is 5.88 Å². The van der Waals surface area contributed by atoms with Crippen LogP contribution in [0.1, 0.15) is 18.5 Å². The van der Waals surface area contributed by atoms with Crippen LogP contribution in [0.2, 0.25) is 0 Å². The third-order valence-corrected chi connectivity index (χ3v) is 5.41. The zero-order valence-corrected chi connectivity index (χ0v) is 17.3. The third-order valence-electron chi connectivity index (χ3n) is 5.41. The first-order chi connectivity index (χ1) is 15.7. The number of hydrogen-bond acceptors (Lipinski definition) is 7. The Labute approximate surface area is 184 Å². The number of aliphatic hydroxyl groups excluding tert-OH is 1. The summed E-state index contributed by atoms with van der Waals surface area (Å²) in [5.41, 5.74) is 2.08. The number of pyridine rings is 2. The Balaban J connectivity index is 1.35. The van der Waals surface area contributed by atoms with E-state index in [1.807, 2.05) is 12.1 Å². The predicted molar refractivity (Wildman–Crippen MR) is 119 cm³/mol. The van der Waals surface area contributed by atoms with Crippen LogP contribution < -0.4 is 15.4 Å². The van der Waals surface area contributed by atoms with Gasteiger partial charge in [-0.25, -0.2) is 19.0 Å². The quantitative estimate of drug-likeness (QED) is 0.428. The molecule has 0 spiro atoms. The first-order valence-corrected chi connectivity index (χ1v) is 10.5. The van der Waals surface area contributed by atoms with E-state index in [9.17, 15) is 4.39 Å². The molecule has 0 atom stereocenters. The third kappa shape index (κ3) is 4.39. The van der Waals surface area contributed by atoms with Crippen LogP contribution >= 0.6 is 0 Å². The van der Waals surface area contributed by atoms with Gasteiger partial charge < -0.3 is 20.5 Å². The molecule has 5 rings (SSSR count). The minimum absolute atomic E-state index is 0.163. The van der Waals surface area contributed by atoms with Gasteiger partial charge in [0.05, 0.1) is 29.2 Å². The lowest BCUT2D eigenvalue weighted by Crippen LogP contribution is -2.34. The number of nitrogens with zero attached hydrogens (tertiary/aromatic N) is 4. The maximum Gasteiger partial charge on any atom is 0.214 e. The van der Waals surface area contributed by atoms with Gasteiger partial charge in [-0.05, 0) is 50.2 Å². The summed E-state index contributed by atoms with van der Waals surface area (Å²) < 4.78 is 22.3. The SMILES string of the molecule is OCc1ccn(-c2ccc(Nc3cc4nc(OC5CCNCC5)ccc4cn3)c(F)c2)n1. The van der Waals surface area contributed by atoms with Crippen molar-refractivity contribution in [2.75, 3.05) is 18.4 Å². The van der Waals surface area contributed by atoms with Gasteiger partial charge in [-0.15, -0.1) is 0 Å². The molecule has 4 heterocycles. The molecular formula is C23H23FN6O2. The fraction of sp³-hybridized carbons (Fsp3) is 0.261. The molecule has 9 heteroatoms. The molecule has 8 nitrogen and oxygen atoms in total. The van der Waals surface area contributed by atoms with Gasteiger partial charge in [0.15, 0.2) is 0 Å². The van der Waals surface area contributed by atoms with E-state index in [-0.39, 0.29) is 18.4 Å². The van der Waals surface area contributed by atoms with E-state index in [4.69, 9.17) is 9.84 Å². The smallest absolute Gasteiger partial charge is 0.214 e. The maximum atomic E-state index is 14.7. The van der Waals surface area contributed by atoms with E-state index < -0.39 is 5.82 Å². The molecule has 32 heavy (non-hydrogen) atoms. The first-order valence-electron chi connectivity index (χ1n) is 10.5. The van der Waals surface area contributed by atoms with Gasteiger partial charge in [-0.1, -0.05) is 0 Å². The number of rotatable bonds is 6. The fourth-order valence-electron chi connectivity index (χ4n) is 3.69. The number of ether oxygens (including phenoxy) is 1. The molecule has 0 radical (unpaired) electrons. The Kier molecular flexibility index (Phi) is 5.66. The van der Waals surface area contributed by atoms with Crippen molar-refractivity contribution in [2.24, 2.45) is 0 Å². The largest absolute Gasteiger partial charge is 0.474 e. The highest BCUT2D eigenvalue weighted by atomic mass is 19.1. The Bertz CT molecular complexity index is 1240. The number of piperidine rings is 1. The number of hydrogen-bond donors (Lipinski definition) is 3. The lowest BCUT2D eigenvalue weighted by molar-refractivity contribution is 0.156. The summed E-state index contributed by atoms with van der Waals surface area (Å²) in [6.07, 6.45) is 5.45. The normalized spacial score (nSPS) is 14.6. The lowest BCUT2D eigenvalue weighted by atomic mass is 10.1. The summed E-state index contributed by atoms with van der Waals surface area (Å²) in [5.74, 6) is 0.622. The van der Waals surface area contributed by atoms with Crippen LogP contribution in [0.3, 0.4) is 0 Å². The highest BCUT2D eigenvalue weighted by molar-refractivity contribution is 5.81. The van der Waals surface area contributed by atoms with Crippen LogP contribution in [-0.4, -0.2) is 44.0 Å². The molecule has 1 aliphatic heterocycles. The maximum absolute atomic E-state index is 14.7. The summed E-state index contributed by atoms with van der Waals surface area (Å²) in [6, 6.07) is 12.0. The van der Waals surface area contributed by atoms with Gasteiger partial charge in [0.1, 0.15) is 17.7 Å². The Morgan fingerprint density at radius 2 is 2.03 bits per heavy atom. The summed E-state index contributed by atoms with van der Waals surface area (Å²) >= 11 is 0. The number of anilines is 2. The molecule has 1 aliphatic rings. The number of halogens is 1. The van der Waals surface area contributed by atoms with Crippen LogP contribution in [0, 0.1) is 5.82 Å². The summed E-state index contributed by atoms with van der Waals surface area (Å²) in [6.45, 7) is 1.73. The van der Waals surface area contributed by atoms with Crippen LogP contribution in [0.15, 0.2) is 54.9 Å². The molecule has 1 aromatic carbocycles. The monoisotopic (exact) mass is 434 g/mol. The number of benzene rings is 1. The van der Waals surface area contributed by atoms with Crippen molar-refractivity contribution < 1.29 is 14.2 Å². The fourth-order valence-corrected chi connectivity index (χ4v) is 3.69. The van der Waals surface area contributed by atoms with E-state index >= 15 is 0 Å². The van der Waals surface area contributed by atoms with Gasteiger partial charge in [0.25, 0.3) is 0 Å². The average Bonchev–Trinajstić information content (AvgIpc) is 3.30. The van der Waals surface area contributed by atoms with Gasteiger partial charge >= 0.3 is 0 Å². The number of aromatic nitrogens is 4. The molecule has 0 amide bonds. The number of aliphatic hydroxyl groups is 1. The van der Waals surface area contributed by atoms with Gasteiger partial charge in [0.2, 0.25) is 5.88 Å². The number of fused-ring (bicyclic) bond motifs is 1. The second-order valence-electron chi connectivity index (χ2n) is 7.68. The molecule has 164 valence electrons. The number of nitrogens with one attached hydrogen (secondary N) is 2. The van der Waals surface area contributed by atoms with Crippen molar-refractivity contribution in [3.63, 3.8) is 0 Å². The van der Waals surface area contributed by atoms with E-state index in [1.54, 1.807) is 36.7 Å². The van der Waals surface area contributed by atoms with Crippen molar-refractivity contribution in [3.8, 4) is 11.6 Å². The molecule has 0 unspecified atom stereocenters. The van der Waals surface area contributed by atoms with E-state index in [1.165, 1.54) is 10.7 Å². The minimum Gasteiger partial charge on any atom is -0.474 e. The van der Waals surface area contributed by atoms with Crippen LogP contribution in [0.25, 0.3) is 16.6 Å². The zero-order valence-electron chi connectivity index (χ0n) is 17.3. The van der Waals surface area contributed by atoms with Crippen molar-refractivity contribution >= 4 is 22.4 Å². The molecule has 4 aromatic rings. The molecule has 1 saturated heterocycles. The molecule has 3 aromatic heterocycles. The first kappa shape index (κ1) is 20.3. The molecule has 0 aliphatic carbocycles. The minimum atomic E-state index is -0.443. The second kappa shape index (κ2) is 8.89. The topological polar surface area (TPSA) is 97.1 Å². The Morgan fingerprint density at radius 3 is 2.81 bits per heavy atom. The lowest BCUT2D eigenvalue weighted by Gasteiger charge is -2.23. The van der Waals surface area contributed by atoms with Gasteiger partial charge in [0, 0.05) is 36.0 Å². The Hall–Kier alpha value is -3.56. The Morgan fingerprint density at radius 1 is 1.16 bits per heavy atom. The predicted octanol–water partition coefficient (Wildman–Crippen LogP) is 3.32. The highest BCUT2D eigenvalue weighted by Crippen LogP contribution is 2.25. The summed E-state index contributed by atoms with van der Waals surface area (Å²) in [7, 11) is 0. The van der Waals surface area contributed by atoms with E-state index in [2.05, 4.69) is 25.7 Å². The molecule has 0 bridgehead atoms. The molecule has 3 N–H and O–H groups in total. The van der Waals surface area contributed by atoms with Gasteiger partial charge in [-0.3, -0.25) is 0 Å². The molecule has 0 saturated carbocycles. The second-order valence-corrected chi connectivity index (χ2v) is 7.68. The van der Waals surface area contributed by atoms with Gasteiger partial charge in [-0.2, -0.15) is 5.10 Å². The van der Waals surface area contributed by atoms with E-state index in [0.717, 1.165) is 36.8 Å². The van der Waals surface area contributed by atoms with E-state index in [0.29, 0.717) is 23.1 Å². The standard InChI is InChI=1S/C23H23FN6O2/c24-19-11-17(30-10-7-16(14-31)29-30)2-3-20(19)27-22-12-21-15(13-26-22)1-4-23(28-21)32-18-5-8-25-9-6-18/h1-4,7,10-13,18,25,31H,5-6,8-9,14H2,(H,26,27). The summed E-state index contributed by atoms with van der Waals surface area (Å²) in [5, 5.41) is 20.5. The average molecular weight is 434 g/mol. The zero-order chi connectivity index (χ0) is 21.9. The van der Waals surface area contributed by atoms with Crippen molar-refractivity contribution in [1.82, 2.24) is 25.1 Å². The van der Waals surface area contributed by atoms with Crippen LogP contribution in [-0.2, 0) is 6.61 Å². The van der Waals surface area contributed by atoms with Crippen molar-refractivity contribution in [2.45, 2.75) is 25.6 Å². The molecule has 1 fully saturated rings. The van der Waals surface area contributed by atoms with Crippen molar-refractivity contribution in [3.05, 3.63) is 66.4 Å². The molecular weight excluding hydrogens is 411 g/mol.